The zero-order chi connectivity index (χ0) is 9.97. The normalized spacial score (nSPS) is 35.1. The first kappa shape index (κ1) is 10.1. The Kier molecular flexibility index (Phi) is 3.16. The van der Waals surface area contributed by atoms with E-state index in [0.717, 1.165) is 38.8 Å². The molecule has 14 heavy (non-hydrogen) atoms. The first-order valence-corrected chi connectivity index (χ1v) is 5.62. The molecule has 0 radical (unpaired) electrons. The lowest BCUT2D eigenvalue weighted by atomic mass is 9.88. The van der Waals surface area contributed by atoms with Crippen LogP contribution in [0.25, 0.3) is 0 Å². The highest BCUT2D eigenvalue weighted by Crippen LogP contribution is 2.24. The van der Waals surface area contributed by atoms with E-state index >= 15 is 0 Å². The number of alkyl halides is 1. The van der Waals surface area contributed by atoms with Crippen LogP contribution in [0, 0.1) is 5.92 Å². The van der Waals surface area contributed by atoms with E-state index in [2.05, 4.69) is 4.90 Å². The van der Waals surface area contributed by atoms with Crippen LogP contribution in [-0.2, 0) is 4.79 Å². The van der Waals surface area contributed by atoms with Crippen LogP contribution < -0.4 is 0 Å². The molecule has 2 atom stereocenters. The van der Waals surface area contributed by atoms with Gasteiger partial charge in [-0.05, 0) is 25.2 Å². The van der Waals surface area contributed by atoms with E-state index in [1.807, 2.05) is 0 Å². The number of likely N-dealkylation sites (tertiary alicyclic amines) is 1. The van der Waals surface area contributed by atoms with Gasteiger partial charge in [0, 0.05) is 32.5 Å². The quantitative estimate of drug-likeness (QED) is 0.675. The zero-order valence-electron chi connectivity index (χ0n) is 8.54. The maximum Gasteiger partial charge on any atom is 0.133 e. The summed E-state index contributed by atoms with van der Waals surface area (Å²) in [5.41, 5.74) is 0. The van der Waals surface area contributed by atoms with Crippen molar-refractivity contribution in [2.45, 2.75) is 38.3 Å². The van der Waals surface area contributed by atoms with Gasteiger partial charge >= 0.3 is 0 Å². The van der Waals surface area contributed by atoms with E-state index in [1.54, 1.807) is 0 Å². The van der Waals surface area contributed by atoms with Crippen LogP contribution in [0.4, 0.5) is 4.39 Å². The van der Waals surface area contributed by atoms with Gasteiger partial charge in [0.15, 0.2) is 0 Å². The smallest absolute Gasteiger partial charge is 0.133 e. The lowest BCUT2D eigenvalue weighted by Crippen LogP contribution is -2.30. The van der Waals surface area contributed by atoms with E-state index < -0.39 is 6.17 Å². The predicted octanol–water partition coefficient (Wildman–Crippen LogP) is 1.79. The van der Waals surface area contributed by atoms with E-state index in [-0.39, 0.29) is 0 Å². The molecule has 0 bridgehead atoms. The first-order valence-electron chi connectivity index (χ1n) is 5.62. The first-order chi connectivity index (χ1) is 6.74. The Morgan fingerprint density at radius 3 is 2.93 bits per heavy atom. The standard InChI is InChI=1S/C11H18FNO/c12-10-4-5-13(8-10)7-9-2-1-3-11(14)6-9/h9-10H,1-8H2. The molecule has 0 aromatic carbocycles. The van der Waals surface area contributed by atoms with E-state index in [1.165, 1.54) is 0 Å². The number of hydrogen-bond acceptors (Lipinski definition) is 2. The van der Waals surface area contributed by atoms with Gasteiger partial charge in [-0.2, -0.15) is 0 Å². The van der Waals surface area contributed by atoms with Gasteiger partial charge in [0.05, 0.1) is 0 Å². The summed E-state index contributed by atoms with van der Waals surface area (Å²) in [6.07, 6.45) is 3.74. The highest BCUT2D eigenvalue weighted by Gasteiger charge is 2.26. The van der Waals surface area contributed by atoms with Gasteiger partial charge in [0.25, 0.3) is 0 Å². The van der Waals surface area contributed by atoms with Crippen LogP contribution in [0.15, 0.2) is 0 Å². The van der Waals surface area contributed by atoms with Crippen LogP contribution in [0.1, 0.15) is 32.1 Å². The third-order valence-electron chi connectivity index (χ3n) is 3.32. The molecule has 0 amide bonds. The zero-order valence-corrected chi connectivity index (χ0v) is 8.54. The molecule has 1 heterocycles. The molecule has 1 saturated heterocycles. The maximum atomic E-state index is 12.9. The van der Waals surface area contributed by atoms with Crippen molar-refractivity contribution in [3.05, 3.63) is 0 Å². The number of carbonyl (C=O) groups is 1. The number of halogens is 1. The van der Waals surface area contributed by atoms with Crippen LogP contribution in [0.3, 0.4) is 0 Å². The van der Waals surface area contributed by atoms with Crippen molar-refractivity contribution in [2.24, 2.45) is 5.92 Å². The Balaban J connectivity index is 1.76. The third kappa shape index (κ3) is 2.53. The molecular weight excluding hydrogens is 181 g/mol. The van der Waals surface area contributed by atoms with Gasteiger partial charge in [-0.1, -0.05) is 0 Å². The second kappa shape index (κ2) is 4.39. The maximum absolute atomic E-state index is 12.9. The average molecular weight is 199 g/mol. The van der Waals surface area contributed by atoms with Crippen LogP contribution >= 0.6 is 0 Å². The van der Waals surface area contributed by atoms with Crippen molar-refractivity contribution < 1.29 is 9.18 Å². The van der Waals surface area contributed by atoms with Gasteiger partial charge in [-0.25, -0.2) is 4.39 Å². The Morgan fingerprint density at radius 2 is 2.29 bits per heavy atom. The molecule has 0 spiro atoms. The van der Waals surface area contributed by atoms with Crippen molar-refractivity contribution in [3.63, 3.8) is 0 Å². The Hall–Kier alpha value is -0.440. The van der Waals surface area contributed by atoms with Gasteiger partial charge in [0.1, 0.15) is 12.0 Å². The molecule has 1 aliphatic carbocycles. The summed E-state index contributed by atoms with van der Waals surface area (Å²) in [6, 6.07) is 0. The highest BCUT2D eigenvalue weighted by molar-refractivity contribution is 5.79. The van der Waals surface area contributed by atoms with Crippen LogP contribution in [0.2, 0.25) is 0 Å². The van der Waals surface area contributed by atoms with Crippen LogP contribution in [0.5, 0.6) is 0 Å². The summed E-state index contributed by atoms with van der Waals surface area (Å²) in [5, 5.41) is 0. The summed E-state index contributed by atoms with van der Waals surface area (Å²) < 4.78 is 12.9. The molecular formula is C11H18FNO. The molecule has 1 aliphatic heterocycles. The Labute approximate surface area is 84.5 Å². The van der Waals surface area contributed by atoms with E-state index in [4.69, 9.17) is 0 Å². The third-order valence-corrected chi connectivity index (χ3v) is 3.32. The average Bonchev–Trinajstić information content (AvgIpc) is 2.51. The fourth-order valence-corrected chi connectivity index (χ4v) is 2.59. The molecule has 2 rings (SSSR count). The summed E-state index contributed by atoms with van der Waals surface area (Å²) in [4.78, 5) is 13.4. The molecule has 1 saturated carbocycles. The molecule has 0 aromatic rings. The minimum Gasteiger partial charge on any atom is -0.300 e. The summed E-state index contributed by atoms with van der Waals surface area (Å²) in [6.45, 7) is 2.41. The second-order valence-electron chi connectivity index (χ2n) is 4.65. The Bertz CT molecular complexity index is 219. The highest BCUT2D eigenvalue weighted by atomic mass is 19.1. The number of nitrogens with zero attached hydrogens (tertiary/aromatic N) is 1. The largest absolute Gasteiger partial charge is 0.300 e. The molecule has 2 nitrogen and oxygen atoms in total. The minimum atomic E-state index is -0.630. The SMILES string of the molecule is O=C1CCCC(CN2CCC(F)C2)C1. The Morgan fingerprint density at radius 1 is 1.43 bits per heavy atom. The molecule has 0 N–H and O–H groups in total. The molecule has 2 fully saturated rings. The minimum absolute atomic E-state index is 0.400. The number of Topliss-reactive ketones (excluding diaryl/α,β-unsaturated/α-hetero) is 1. The molecule has 2 unspecified atom stereocenters. The van der Waals surface area contributed by atoms with Crippen LogP contribution in [-0.4, -0.2) is 36.5 Å². The summed E-state index contributed by atoms with van der Waals surface area (Å²) >= 11 is 0. The molecule has 3 heteroatoms. The molecule has 80 valence electrons. The molecule has 0 aromatic heterocycles. The van der Waals surface area contributed by atoms with E-state index in [0.29, 0.717) is 24.7 Å². The topological polar surface area (TPSA) is 20.3 Å². The van der Waals surface area contributed by atoms with Gasteiger partial charge in [-0.3, -0.25) is 4.79 Å². The number of rotatable bonds is 2. The van der Waals surface area contributed by atoms with Gasteiger partial charge in [-0.15, -0.1) is 0 Å². The van der Waals surface area contributed by atoms with Crippen molar-refractivity contribution in [1.29, 1.82) is 0 Å². The van der Waals surface area contributed by atoms with Crippen molar-refractivity contribution in [3.8, 4) is 0 Å². The lowest BCUT2D eigenvalue weighted by Gasteiger charge is -2.25. The summed E-state index contributed by atoms with van der Waals surface area (Å²) in [7, 11) is 0. The fraction of sp³-hybridized carbons (Fsp3) is 0.909. The number of ketones is 1. The van der Waals surface area contributed by atoms with Crippen molar-refractivity contribution in [2.75, 3.05) is 19.6 Å². The van der Waals surface area contributed by atoms with Gasteiger partial charge in [0.2, 0.25) is 0 Å². The summed E-state index contributed by atoms with van der Waals surface area (Å²) in [5.74, 6) is 0.902. The second-order valence-corrected chi connectivity index (χ2v) is 4.65. The number of hydrogen-bond donors (Lipinski definition) is 0. The number of carbonyl (C=O) groups excluding carboxylic acids is 1. The fourth-order valence-electron chi connectivity index (χ4n) is 2.59. The van der Waals surface area contributed by atoms with Crippen molar-refractivity contribution in [1.82, 2.24) is 4.90 Å². The monoisotopic (exact) mass is 199 g/mol. The van der Waals surface area contributed by atoms with Crippen molar-refractivity contribution >= 4 is 5.78 Å². The predicted molar refractivity (Wildman–Crippen MR) is 52.9 cm³/mol. The molecule has 2 aliphatic rings. The lowest BCUT2D eigenvalue weighted by molar-refractivity contribution is -0.121. The van der Waals surface area contributed by atoms with Gasteiger partial charge < -0.3 is 4.90 Å². The van der Waals surface area contributed by atoms with E-state index in [9.17, 15) is 9.18 Å².